The third kappa shape index (κ3) is 2.66. The molecule has 0 spiro atoms. The van der Waals surface area contributed by atoms with Crippen molar-refractivity contribution in [2.45, 2.75) is 13.5 Å². The predicted octanol–water partition coefficient (Wildman–Crippen LogP) is 5.08. The molecule has 0 saturated carbocycles. The molecular weight excluding hydrogens is 304 g/mol. The second kappa shape index (κ2) is 5.10. The van der Waals surface area contributed by atoms with Gasteiger partial charge in [-0.05, 0) is 42.8 Å². The van der Waals surface area contributed by atoms with E-state index in [0.29, 0.717) is 6.61 Å². The Balaban J connectivity index is 1.82. The van der Waals surface area contributed by atoms with Crippen LogP contribution in [0.1, 0.15) is 11.1 Å². The van der Waals surface area contributed by atoms with Gasteiger partial charge in [-0.2, -0.15) is 0 Å². The van der Waals surface area contributed by atoms with Gasteiger partial charge in [0.25, 0.3) is 0 Å². The van der Waals surface area contributed by atoms with Crippen molar-refractivity contribution in [3.63, 3.8) is 0 Å². The lowest BCUT2D eigenvalue weighted by Crippen LogP contribution is -1.94. The number of aryl methyl sites for hydroxylation is 1. The van der Waals surface area contributed by atoms with Crippen molar-refractivity contribution in [3.05, 3.63) is 64.3 Å². The van der Waals surface area contributed by atoms with Crippen LogP contribution in [0.4, 0.5) is 0 Å². The zero-order valence-corrected chi connectivity index (χ0v) is 12.1. The largest absolute Gasteiger partial charge is 0.489 e. The highest BCUT2D eigenvalue weighted by atomic mass is 79.9. The zero-order valence-electron chi connectivity index (χ0n) is 10.5. The van der Waals surface area contributed by atoms with Crippen LogP contribution in [0.2, 0.25) is 0 Å². The monoisotopic (exact) mass is 316 g/mol. The Morgan fingerprint density at radius 3 is 2.89 bits per heavy atom. The van der Waals surface area contributed by atoms with Crippen LogP contribution in [-0.2, 0) is 6.61 Å². The van der Waals surface area contributed by atoms with E-state index in [1.54, 1.807) is 6.26 Å². The second-order valence-electron chi connectivity index (χ2n) is 4.51. The number of hydrogen-bond donors (Lipinski definition) is 0. The highest BCUT2D eigenvalue weighted by Crippen LogP contribution is 2.26. The van der Waals surface area contributed by atoms with E-state index in [9.17, 15) is 0 Å². The normalized spacial score (nSPS) is 10.8. The van der Waals surface area contributed by atoms with Gasteiger partial charge in [0.2, 0.25) is 0 Å². The fourth-order valence-corrected chi connectivity index (χ4v) is 2.38. The summed E-state index contributed by atoms with van der Waals surface area (Å²) in [7, 11) is 0. The number of ether oxygens (including phenoxy) is 1. The molecule has 3 rings (SSSR count). The molecule has 0 aliphatic heterocycles. The van der Waals surface area contributed by atoms with Crippen molar-refractivity contribution >= 4 is 26.9 Å². The summed E-state index contributed by atoms with van der Waals surface area (Å²) in [5, 5.41) is 1.09. The maximum atomic E-state index is 5.80. The Labute approximate surface area is 120 Å². The van der Waals surface area contributed by atoms with Crippen molar-refractivity contribution in [1.29, 1.82) is 0 Å². The lowest BCUT2D eigenvalue weighted by molar-refractivity contribution is 0.306. The summed E-state index contributed by atoms with van der Waals surface area (Å²) in [6, 6.07) is 14.1. The summed E-state index contributed by atoms with van der Waals surface area (Å²) in [4.78, 5) is 0. The third-order valence-corrected chi connectivity index (χ3v) is 3.49. The molecule has 0 N–H and O–H groups in total. The molecule has 3 aromatic rings. The molecular formula is C16H13BrO2. The van der Waals surface area contributed by atoms with Gasteiger partial charge in [0, 0.05) is 15.4 Å². The van der Waals surface area contributed by atoms with Crippen LogP contribution in [0.25, 0.3) is 11.0 Å². The van der Waals surface area contributed by atoms with E-state index in [2.05, 4.69) is 28.9 Å². The fraction of sp³-hybridized carbons (Fsp3) is 0.125. The molecule has 0 fully saturated rings. The molecule has 0 aliphatic rings. The van der Waals surface area contributed by atoms with Gasteiger partial charge >= 0.3 is 0 Å². The lowest BCUT2D eigenvalue weighted by atomic mass is 10.2. The van der Waals surface area contributed by atoms with Crippen molar-refractivity contribution in [3.8, 4) is 5.75 Å². The van der Waals surface area contributed by atoms with E-state index in [4.69, 9.17) is 9.15 Å². The second-order valence-corrected chi connectivity index (χ2v) is 5.42. The first kappa shape index (κ1) is 12.3. The van der Waals surface area contributed by atoms with Crippen LogP contribution in [0.5, 0.6) is 5.75 Å². The van der Waals surface area contributed by atoms with E-state index < -0.39 is 0 Å². The topological polar surface area (TPSA) is 22.4 Å². The molecule has 0 bridgehead atoms. The minimum absolute atomic E-state index is 0.512. The van der Waals surface area contributed by atoms with Crippen molar-refractivity contribution < 1.29 is 9.15 Å². The van der Waals surface area contributed by atoms with Gasteiger partial charge < -0.3 is 9.15 Å². The Kier molecular flexibility index (Phi) is 3.30. The van der Waals surface area contributed by atoms with Crippen LogP contribution in [0.15, 0.2) is 57.6 Å². The van der Waals surface area contributed by atoms with Crippen LogP contribution in [-0.4, -0.2) is 0 Å². The van der Waals surface area contributed by atoms with Crippen LogP contribution in [0, 0.1) is 6.92 Å². The molecule has 1 aromatic heterocycles. The summed E-state index contributed by atoms with van der Waals surface area (Å²) in [6.45, 7) is 2.57. The summed E-state index contributed by atoms with van der Waals surface area (Å²) >= 11 is 3.43. The van der Waals surface area contributed by atoms with Gasteiger partial charge in [0.05, 0.1) is 6.26 Å². The first-order valence-corrected chi connectivity index (χ1v) is 6.87. The molecule has 2 nitrogen and oxygen atoms in total. The molecule has 19 heavy (non-hydrogen) atoms. The molecule has 0 amide bonds. The number of benzene rings is 2. The summed E-state index contributed by atoms with van der Waals surface area (Å²) < 4.78 is 12.3. The van der Waals surface area contributed by atoms with E-state index in [0.717, 1.165) is 26.8 Å². The average Bonchev–Trinajstić information content (AvgIpc) is 2.78. The van der Waals surface area contributed by atoms with Gasteiger partial charge in [0.1, 0.15) is 17.9 Å². The summed E-state index contributed by atoms with van der Waals surface area (Å²) in [5.41, 5.74) is 3.12. The molecule has 3 heteroatoms. The minimum Gasteiger partial charge on any atom is -0.489 e. The van der Waals surface area contributed by atoms with E-state index in [1.807, 2.05) is 36.4 Å². The summed E-state index contributed by atoms with van der Waals surface area (Å²) in [5.74, 6) is 0.881. The van der Waals surface area contributed by atoms with E-state index in [-0.39, 0.29) is 0 Å². The number of halogens is 1. The molecule has 0 aliphatic carbocycles. The van der Waals surface area contributed by atoms with Gasteiger partial charge in [-0.3, -0.25) is 0 Å². The van der Waals surface area contributed by atoms with Crippen LogP contribution >= 0.6 is 15.9 Å². The van der Waals surface area contributed by atoms with E-state index >= 15 is 0 Å². The molecule has 2 aromatic carbocycles. The summed E-state index contributed by atoms with van der Waals surface area (Å²) in [6.07, 6.45) is 1.76. The lowest BCUT2D eigenvalue weighted by Gasteiger charge is -2.05. The smallest absolute Gasteiger partial charge is 0.135 e. The maximum absolute atomic E-state index is 5.80. The zero-order chi connectivity index (χ0) is 13.2. The molecule has 1 heterocycles. The quantitative estimate of drug-likeness (QED) is 0.672. The van der Waals surface area contributed by atoms with E-state index in [1.165, 1.54) is 5.56 Å². The highest BCUT2D eigenvalue weighted by molar-refractivity contribution is 9.10. The standard InChI is InChI=1S/C16H13BrO2/c1-11-3-2-4-14(7-11)18-9-12-10-19-16-8-13(17)5-6-15(12)16/h2-8,10H,9H2,1H3. The molecule has 0 atom stereocenters. The van der Waals surface area contributed by atoms with Crippen LogP contribution in [0.3, 0.4) is 0 Å². The average molecular weight is 317 g/mol. The van der Waals surface area contributed by atoms with Crippen molar-refractivity contribution in [2.24, 2.45) is 0 Å². The minimum atomic E-state index is 0.512. The first-order valence-electron chi connectivity index (χ1n) is 6.07. The van der Waals surface area contributed by atoms with Gasteiger partial charge in [-0.25, -0.2) is 0 Å². The predicted molar refractivity (Wildman–Crippen MR) is 79.4 cm³/mol. The Morgan fingerprint density at radius 2 is 2.05 bits per heavy atom. The molecule has 0 radical (unpaired) electrons. The maximum Gasteiger partial charge on any atom is 0.135 e. The fourth-order valence-electron chi connectivity index (χ4n) is 2.04. The first-order chi connectivity index (χ1) is 9.22. The Bertz CT molecular complexity index is 716. The molecule has 0 saturated heterocycles. The molecule has 96 valence electrons. The third-order valence-electron chi connectivity index (χ3n) is 3.00. The highest BCUT2D eigenvalue weighted by Gasteiger charge is 2.07. The van der Waals surface area contributed by atoms with Gasteiger partial charge in [-0.15, -0.1) is 0 Å². The van der Waals surface area contributed by atoms with Crippen molar-refractivity contribution in [1.82, 2.24) is 0 Å². The number of rotatable bonds is 3. The number of hydrogen-bond acceptors (Lipinski definition) is 2. The molecule has 0 unspecified atom stereocenters. The number of fused-ring (bicyclic) bond motifs is 1. The Hall–Kier alpha value is -1.74. The van der Waals surface area contributed by atoms with Gasteiger partial charge in [-0.1, -0.05) is 28.1 Å². The van der Waals surface area contributed by atoms with Crippen LogP contribution < -0.4 is 4.74 Å². The SMILES string of the molecule is Cc1cccc(OCc2coc3cc(Br)ccc23)c1. The Morgan fingerprint density at radius 1 is 1.16 bits per heavy atom. The number of furan rings is 1. The van der Waals surface area contributed by atoms with Crippen molar-refractivity contribution in [2.75, 3.05) is 0 Å². The van der Waals surface area contributed by atoms with Gasteiger partial charge in [0.15, 0.2) is 0 Å².